The van der Waals surface area contributed by atoms with Crippen molar-refractivity contribution in [2.45, 2.75) is 60.0 Å². The summed E-state index contributed by atoms with van der Waals surface area (Å²) in [5.41, 5.74) is -0.725. The molecule has 0 aromatic rings. The van der Waals surface area contributed by atoms with Gasteiger partial charge in [-0.2, -0.15) is 0 Å². The number of amides is 1. The van der Waals surface area contributed by atoms with E-state index < -0.39 is 11.7 Å². The van der Waals surface area contributed by atoms with Gasteiger partial charge in [0.05, 0.1) is 0 Å². The number of rotatable bonds is 5. The van der Waals surface area contributed by atoms with Gasteiger partial charge in [0.25, 0.3) is 0 Å². The Bertz CT molecular complexity index is 277. The van der Waals surface area contributed by atoms with Gasteiger partial charge in [-0.3, -0.25) is 4.79 Å². The second-order valence-electron chi connectivity index (χ2n) is 6.09. The number of alkyl carbamates (subject to hydrolysis) is 1. The van der Waals surface area contributed by atoms with E-state index in [4.69, 9.17) is 4.74 Å². The molecule has 0 aliphatic rings. The summed E-state index contributed by atoms with van der Waals surface area (Å²) in [6, 6.07) is 0. The molecular weight excluding hydrogens is 218 g/mol. The highest BCUT2D eigenvalue weighted by Crippen LogP contribution is 2.20. The van der Waals surface area contributed by atoms with Crippen molar-refractivity contribution in [2.75, 3.05) is 6.54 Å². The summed E-state index contributed by atoms with van der Waals surface area (Å²) in [6.07, 6.45) is 0.573. The number of ether oxygens (including phenoxy) is 1. The molecule has 0 aromatic heterocycles. The first kappa shape index (κ1) is 15.9. The van der Waals surface area contributed by atoms with Crippen LogP contribution in [0.5, 0.6) is 0 Å². The van der Waals surface area contributed by atoms with E-state index in [-0.39, 0.29) is 11.2 Å². The average molecular weight is 243 g/mol. The number of carbonyl (C=O) groups is 2. The number of Topliss-reactive ketones (excluding diaryl/α,β-unsaturated/α-hetero) is 1. The Balaban J connectivity index is 4.09. The predicted octanol–water partition coefficient (Wildman–Crippen LogP) is 2.91. The topological polar surface area (TPSA) is 55.4 Å². The molecule has 0 spiro atoms. The minimum absolute atomic E-state index is 0.209. The highest BCUT2D eigenvalue weighted by atomic mass is 16.6. The molecule has 0 bridgehead atoms. The van der Waals surface area contributed by atoms with Crippen LogP contribution in [0, 0.1) is 5.41 Å². The van der Waals surface area contributed by atoms with Crippen LogP contribution in [0.15, 0.2) is 0 Å². The molecule has 0 aliphatic heterocycles. The zero-order valence-electron chi connectivity index (χ0n) is 11.8. The third kappa shape index (κ3) is 8.72. The van der Waals surface area contributed by atoms with E-state index in [0.29, 0.717) is 19.4 Å². The number of hydrogen-bond acceptors (Lipinski definition) is 3. The first-order chi connectivity index (χ1) is 7.56. The second kappa shape index (κ2) is 6.03. The van der Waals surface area contributed by atoms with E-state index in [1.54, 1.807) is 0 Å². The summed E-state index contributed by atoms with van der Waals surface area (Å²) in [6.45, 7) is 11.7. The molecule has 0 aliphatic carbocycles. The van der Waals surface area contributed by atoms with Gasteiger partial charge in [0, 0.05) is 19.4 Å². The Morgan fingerprint density at radius 2 is 1.65 bits per heavy atom. The lowest BCUT2D eigenvalue weighted by Crippen LogP contribution is -2.38. The van der Waals surface area contributed by atoms with Crippen LogP contribution in [0.1, 0.15) is 54.4 Å². The van der Waals surface area contributed by atoms with Crippen LogP contribution in [-0.2, 0) is 9.53 Å². The fourth-order valence-corrected chi connectivity index (χ4v) is 1.35. The Labute approximate surface area is 104 Å². The van der Waals surface area contributed by atoms with Crippen LogP contribution >= 0.6 is 0 Å². The number of carbonyl (C=O) groups excluding carboxylic acids is 2. The van der Waals surface area contributed by atoms with Crippen molar-refractivity contribution in [2.24, 2.45) is 5.41 Å². The van der Waals surface area contributed by atoms with Gasteiger partial charge in [-0.15, -0.1) is 0 Å². The van der Waals surface area contributed by atoms with Crippen molar-refractivity contribution >= 4 is 11.9 Å². The Morgan fingerprint density at radius 1 is 1.12 bits per heavy atom. The van der Waals surface area contributed by atoms with Crippen LogP contribution in [0.2, 0.25) is 0 Å². The Kier molecular flexibility index (Phi) is 5.66. The molecule has 1 N–H and O–H groups in total. The standard InChI is InChI=1S/C13H25NO3/c1-7-10(15)8-13(5,6)9-14-11(16)17-12(2,3)4/h7-9H2,1-6H3,(H,14,16). The fourth-order valence-electron chi connectivity index (χ4n) is 1.35. The van der Waals surface area contributed by atoms with Gasteiger partial charge in [0.1, 0.15) is 11.4 Å². The molecule has 0 aromatic carbocycles. The normalized spacial score (nSPS) is 12.1. The highest BCUT2D eigenvalue weighted by Gasteiger charge is 2.23. The molecule has 1 amide bonds. The first-order valence-electron chi connectivity index (χ1n) is 6.04. The molecule has 0 heterocycles. The summed E-state index contributed by atoms with van der Waals surface area (Å²) in [4.78, 5) is 22.8. The summed E-state index contributed by atoms with van der Waals surface area (Å²) in [5.74, 6) is 0.209. The van der Waals surface area contributed by atoms with E-state index in [1.807, 2.05) is 41.5 Å². The maximum atomic E-state index is 11.4. The molecule has 0 fully saturated rings. The minimum atomic E-state index is -0.493. The second-order valence-corrected chi connectivity index (χ2v) is 6.09. The van der Waals surface area contributed by atoms with Crippen molar-refractivity contribution in [3.8, 4) is 0 Å². The van der Waals surface area contributed by atoms with Crippen LogP contribution in [0.25, 0.3) is 0 Å². The SMILES string of the molecule is CCC(=O)CC(C)(C)CNC(=O)OC(C)(C)C. The molecule has 4 heteroatoms. The Morgan fingerprint density at radius 3 is 2.06 bits per heavy atom. The lowest BCUT2D eigenvalue weighted by Gasteiger charge is -2.25. The van der Waals surface area contributed by atoms with E-state index in [9.17, 15) is 9.59 Å². The van der Waals surface area contributed by atoms with Gasteiger partial charge >= 0.3 is 6.09 Å². The average Bonchev–Trinajstić information content (AvgIpc) is 2.11. The molecule has 4 nitrogen and oxygen atoms in total. The van der Waals surface area contributed by atoms with Crippen molar-refractivity contribution in [1.29, 1.82) is 0 Å². The van der Waals surface area contributed by atoms with Gasteiger partial charge in [-0.05, 0) is 26.2 Å². The van der Waals surface area contributed by atoms with Crippen LogP contribution in [-0.4, -0.2) is 24.0 Å². The van der Waals surface area contributed by atoms with Crippen LogP contribution < -0.4 is 5.32 Å². The quantitative estimate of drug-likeness (QED) is 0.807. The van der Waals surface area contributed by atoms with Crippen molar-refractivity contribution in [3.05, 3.63) is 0 Å². The largest absolute Gasteiger partial charge is 0.444 e. The molecule has 0 unspecified atom stereocenters. The summed E-state index contributed by atoms with van der Waals surface area (Å²) < 4.78 is 5.13. The van der Waals surface area contributed by atoms with Crippen LogP contribution in [0.4, 0.5) is 4.79 Å². The third-order valence-electron chi connectivity index (χ3n) is 2.18. The van der Waals surface area contributed by atoms with Gasteiger partial charge < -0.3 is 10.1 Å². The van der Waals surface area contributed by atoms with Crippen LogP contribution in [0.3, 0.4) is 0 Å². The third-order valence-corrected chi connectivity index (χ3v) is 2.18. The molecule has 17 heavy (non-hydrogen) atoms. The van der Waals surface area contributed by atoms with E-state index in [2.05, 4.69) is 5.32 Å². The molecule has 0 saturated heterocycles. The van der Waals surface area contributed by atoms with Crippen molar-refractivity contribution in [1.82, 2.24) is 5.32 Å². The van der Waals surface area contributed by atoms with Crippen molar-refractivity contribution in [3.63, 3.8) is 0 Å². The van der Waals surface area contributed by atoms with E-state index in [0.717, 1.165) is 0 Å². The molecule has 0 atom stereocenters. The van der Waals surface area contributed by atoms with Gasteiger partial charge in [0.2, 0.25) is 0 Å². The molecule has 0 radical (unpaired) electrons. The molecular formula is C13H25NO3. The molecule has 0 saturated carbocycles. The van der Waals surface area contributed by atoms with Crippen molar-refractivity contribution < 1.29 is 14.3 Å². The number of ketones is 1. The zero-order chi connectivity index (χ0) is 13.7. The lowest BCUT2D eigenvalue weighted by atomic mass is 9.86. The maximum absolute atomic E-state index is 11.4. The van der Waals surface area contributed by atoms with Gasteiger partial charge in [0.15, 0.2) is 0 Å². The molecule has 0 rings (SSSR count). The molecule has 100 valence electrons. The number of hydrogen-bond donors (Lipinski definition) is 1. The first-order valence-corrected chi connectivity index (χ1v) is 6.04. The minimum Gasteiger partial charge on any atom is -0.444 e. The van der Waals surface area contributed by atoms with E-state index >= 15 is 0 Å². The van der Waals surface area contributed by atoms with E-state index in [1.165, 1.54) is 0 Å². The van der Waals surface area contributed by atoms with Gasteiger partial charge in [-0.25, -0.2) is 4.79 Å². The number of nitrogens with one attached hydrogen (secondary N) is 1. The summed E-state index contributed by atoms with van der Waals surface area (Å²) in [5, 5.41) is 2.70. The highest BCUT2D eigenvalue weighted by molar-refractivity contribution is 5.78. The Hall–Kier alpha value is -1.06. The summed E-state index contributed by atoms with van der Waals surface area (Å²) >= 11 is 0. The fraction of sp³-hybridized carbons (Fsp3) is 0.846. The smallest absolute Gasteiger partial charge is 0.407 e. The lowest BCUT2D eigenvalue weighted by molar-refractivity contribution is -0.120. The monoisotopic (exact) mass is 243 g/mol. The summed E-state index contributed by atoms with van der Waals surface area (Å²) in [7, 11) is 0. The predicted molar refractivity (Wildman–Crippen MR) is 67.9 cm³/mol. The maximum Gasteiger partial charge on any atom is 0.407 e. The zero-order valence-corrected chi connectivity index (χ0v) is 11.8. The van der Waals surface area contributed by atoms with Gasteiger partial charge in [-0.1, -0.05) is 20.8 Å².